The van der Waals surface area contributed by atoms with Gasteiger partial charge in [0.2, 0.25) is 0 Å². The van der Waals surface area contributed by atoms with Crippen molar-refractivity contribution in [3.05, 3.63) is 89.0 Å². The number of ketones is 1. The quantitative estimate of drug-likeness (QED) is 0.235. The minimum atomic E-state index is -0.822. The molecule has 7 nitrogen and oxygen atoms in total. The lowest BCUT2D eigenvalue weighted by atomic mass is 9.94. The number of rotatable bonds is 4. The number of fused-ring (bicyclic) bond motifs is 2. The number of carbonyl (C=O) groups is 2. The molecule has 1 fully saturated rings. The fraction of sp³-hybridized carbons (Fsp3) is 0.179. The Morgan fingerprint density at radius 3 is 2.69 bits per heavy atom. The van der Waals surface area contributed by atoms with Gasteiger partial charge in [-0.3, -0.25) is 14.5 Å². The Balaban J connectivity index is 1.52. The van der Waals surface area contributed by atoms with Crippen LogP contribution in [0.4, 0.5) is 5.13 Å². The van der Waals surface area contributed by atoms with E-state index in [1.54, 1.807) is 25.3 Å². The molecule has 0 aliphatic carbocycles. The lowest BCUT2D eigenvalue weighted by Crippen LogP contribution is -2.29. The summed E-state index contributed by atoms with van der Waals surface area (Å²) in [7, 11) is 1.59. The summed E-state index contributed by atoms with van der Waals surface area (Å²) in [5.41, 5.74) is 2.86. The number of aliphatic hydroxyl groups is 1. The average Bonchev–Trinajstić information content (AvgIpc) is 3.55. The van der Waals surface area contributed by atoms with Crippen molar-refractivity contribution in [2.24, 2.45) is 0 Å². The molecule has 0 radical (unpaired) electrons. The molecule has 0 bridgehead atoms. The Kier molecular flexibility index (Phi) is 5.26. The monoisotopic (exact) mass is 498 g/mol. The van der Waals surface area contributed by atoms with Crippen LogP contribution in [0.1, 0.15) is 29.7 Å². The number of aliphatic hydroxyl groups excluding tert-OH is 1. The van der Waals surface area contributed by atoms with Crippen molar-refractivity contribution < 1.29 is 24.2 Å². The molecule has 2 aliphatic rings. The first-order chi connectivity index (χ1) is 17.4. The zero-order valence-corrected chi connectivity index (χ0v) is 20.4. The molecule has 4 aromatic rings. The van der Waals surface area contributed by atoms with Crippen molar-refractivity contribution in [3.8, 4) is 11.5 Å². The maximum Gasteiger partial charge on any atom is 0.301 e. The second-order valence-corrected chi connectivity index (χ2v) is 9.87. The lowest BCUT2D eigenvalue weighted by Gasteiger charge is -2.23. The Bertz CT molecular complexity index is 1560. The second kappa shape index (κ2) is 8.49. The molecule has 6 rings (SSSR count). The third-order valence-electron chi connectivity index (χ3n) is 6.52. The van der Waals surface area contributed by atoms with E-state index in [4.69, 9.17) is 9.47 Å². The van der Waals surface area contributed by atoms with Crippen LogP contribution in [0.2, 0.25) is 0 Å². The van der Waals surface area contributed by atoms with E-state index >= 15 is 0 Å². The summed E-state index contributed by atoms with van der Waals surface area (Å²) in [4.78, 5) is 32.9. The fourth-order valence-corrected chi connectivity index (χ4v) is 5.85. The van der Waals surface area contributed by atoms with Crippen molar-refractivity contribution in [2.45, 2.75) is 25.5 Å². The number of nitrogens with zero attached hydrogens (tertiary/aromatic N) is 2. The van der Waals surface area contributed by atoms with Crippen molar-refractivity contribution in [2.75, 3.05) is 12.0 Å². The van der Waals surface area contributed by atoms with Crippen LogP contribution in [-0.4, -0.2) is 35.0 Å². The number of thiazole rings is 1. The minimum absolute atomic E-state index is 0.0370. The summed E-state index contributed by atoms with van der Waals surface area (Å²) in [6, 6.07) is 19.2. The molecule has 2 atom stereocenters. The molecule has 0 unspecified atom stereocenters. The Hall–Kier alpha value is -4.17. The Morgan fingerprint density at radius 1 is 1.11 bits per heavy atom. The first-order valence-corrected chi connectivity index (χ1v) is 12.4. The van der Waals surface area contributed by atoms with Gasteiger partial charge in [0.25, 0.3) is 5.78 Å². The number of hydrogen-bond acceptors (Lipinski definition) is 7. The Morgan fingerprint density at radius 2 is 1.92 bits per heavy atom. The molecule has 36 heavy (non-hydrogen) atoms. The summed E-state index contributed by atoms with van der Waals surface area (Å²) in [6.45, 7) is 1.98. The maximum absolute atomic E-state index is 13.4. The smallest absolute Gasteiger partial charge is 0.301 e. The number of Topliss-reactive ketones (excluding diaryl/α,β-unsaturated/α-hetero) is 1. The molecular formula is C28H22N2O5S. The van der Waals surface area contributed by atoms with Gasteiger partial charge in [0, 0.05) is 12.0 Å². The van der Waals surface area contributed by atoms with Gasteiger partial charge >= 0.3 is 5.91 Å². The summed E-state index contributed by atoms with van der Waals surface area (Å²) >= 11 is 1.30. The molecule has 1 saturated heterocycles. The van der Waals surface area contributed by atoms with Gasteiger partial charge in [0.15, 0.2) is 5.13 Å². The minimum Gasteiger partial charge on any atom is -0.507 e. The van der Waals surface area contributed by atoms with E-state index in [0.717, 1.165) is 16.0 Å². The highest BCUT2D eigenvalue weighted by molar-refractivity contribution is 7.22. The van der Waals surface area contributed by atoms with Crippen molar-refractivity contribution >= 4 is 44.1 Å². The fourth-order valence-electron chi connectivity index (χ4n) is 4.83. The zero-order valence-electron chi connectivity index (χ0n) is 19.6. The molecule has 1 amide bonds. The van der Waals surface area contributed by atoms with Crippen LogP contribution in [0.5, 0.6) is 11.5 Å². The van der Waals surface area contributed by atoms with E-state index in [-0.39, 0.29) is 17.4 Å². The molecule has 1 N–H and O–H groups in total. The molecule has 1 aromatic heterocycles. The summed E-state index contributed by atoms with van der Waals surface area (Å²) in [5, 5.41) is 11.8. The summed E-state index contributed by atoms with van der Waals surface area (Å²) < 4.78 is 11.9. The molecular weight excluding hydrogens is 476 g/mol. The van der Waals surface area contributed by atoms with Crippen LogP contribution in [0.3, 0.4) is 0 Å². The van der Waals surface area contributed by atoms with Gasteiger partial charge in [-0.05, 0) is 54.4 Å². The van der Waals surface area contributed by atoms with Crippen LogP contribution in [-0.2, 0) is 16.0 Å². The normalized spacial score (nSPS) is 20.6. The molecule has 0 saturated carbocycles. The van der Waals surface area contributed by atoms with Gasteiger partial charge in [-0.15, -0.1) is 0 Å². The van der Waals surface area contributed by atoms with Gasteiger partial charge in [-0.1, -0.05) is 41.7 Å². The van der Waals surface area contributed by atoms with E-state index in [9.17, 15) is 14.7 Å². The standard InChI is InChI=1S/C28H22N2O5S/c1-15-12-18-13-17(8-11-21(18)35-15)25(31)23-24(16-6-4-3-5-7-16)30(27(33)26(23)32)28-29-20-10-9-19(34-2)14-22(20)36-28/h3-11,13-15,24,31H,12H2,1-2H3/t15-,24-/m0/s1. The third-order valence-corrected chi connectivity index (χ3v) is 7.54. The number of hydrogen-bond donors (Lipinski definition) is 1. The van der Waals surface area contributed by atoms with Crippen molar-refractivity contribution in [1.82, 2.24) is 4.98 Å². The van der Waals surface area contributed by atoms with E-state index in [1.165, 1.54) is 16.2 Å². The molecule has 2 aliphatic heterocycles. The van der Waals surface area contributed by atoms with Crippen LogP contribution in [0, 0.1) is 0 Å². The number of methoxy groups -OCH3 is 1. The molecule has 3 aromatic carbocycles. The van der Waals surface area contributed by atoms with Crippen LogP contribution in [0.25, 0.3) is 16.0 Å². The molecule has 8 heteroatoms. The molecule has 180 valence electrons. The second-order valence-electron chi connectivity index (χ2n) is 8.86. The van der Waals surface area contributed by atoms with Gasteiger partial charge in [-0.25, -0.2) is 4.98 Å². The third kappa shape index (κ3) is 3.53. The van der Waals surface area contributed by atoms with Gasteiger partial charge < -0.3 is 14.6 Å². The predicted molar refractivity (Wildman–Crippen MR) is 138 cm³/mol. The molecule has 3 heterocycles. The number of benzene rings is 3. The largest absolute Gasteiger partial charge is 0.507 e. The van der Waals surface area contributed by atoms with Crippen molar-refractivity contribution in [1.29, 1.82) is 0 Å². The van der Waals surface area contributed by atoms with Crippen LogP contribution < -0.4 is 14.4 Å². The number of anilines is 1. The van der Waals surface area contributed by atoms with E-state index in [1.807, 2.05) is 55.5 Å². The van der Waals surface area contributed by atoms with E-state index < -0.39 is 17.7 Å². The highest BCUT2D eigenvalue weighted by atomic mass is 32.1. The van der Waals surface area contributed by atoms with Gasteiger partial charge in [-0.2, -0.15) is 0 Å². The number of amides is 1. The van der Waals surface area contributed by atoms with Gasteiger partial charge in [0.05, 0.1) is 28.9 Å². The number of ether oxygens (including phenoxy) is 2. The van der Waals surface area contributed by atoms with Crippen LogP contribution >= 0.6 is 11.3 Å². The lowest BCUT2D eigenvalue weighted by molar-refractivity contribution is -0.132. The summed E-state index contributed by atoms with van der Waals surface area (Å²) in [5.74, 6) is -0.244. The SMILES string of the molecule is COc1ccc2nc(N3C(=O)C(=O)C(=C(O)c4ccc5c(c4)C[C@H](C)O5)[C@@H]3c3ccccc3)sc2c1. The Labute approximate surface area is 211 Å². The highest BCUT2D eigenvalue weighted by Crippen LogP contribution is 2.45. The predicted octanol–water partition coefficient (Wildman–Crippen LogP) is 5.25. The first kappa shape index (κ1) is 22.3. The average molecular weight is 499 g/mol. The van der Waals surface area contributed by atoms with Crippen molar-refractivity contribution in [3.63, 3.8) is 0 Å². The van der Waals surface area contributed by atoms with E-state index in [2.05, 4.69) is 4.98 Å². The zero-order chi connectivity index (χ0) is 25.0. The molecule has 0 spiro atoms. The maximum atomic E-state index is 13.4. The highest BCUT2D eigenvalue weighted by Gasteiger charge is 2.48. The van der Waals surface area contributed by atoms with Crippen LogP contribution in [0.15, 0.2) is 72.3 Å². The number of aromatic nitrogens is 1. The van der Waals surface area contributed by atoms with Gasteiger partial charge in [0.1, 0.15) is 23.4 Å². The first-order valence-electron chi connectivity index (χ1n) is 11.5. The summed E-state index contributed by atoms with van der Waals surface area (Å²) in [6.07, 6.45) is 0.757. The number of carbonyl (C=O) groups excluding carboxylic acids is 2. The van der Waals surface area contributed by atoms with E-state index in [0.29, 0.717) is 33.9 Å². The topological polar surface area (TPSA) is 89.0 Å².